The lowest BCUT2D eigenvalue weighted by Gasteiger charge is -2.58. The van der Waals surface area contributed by atoms with Crippen molar-refractivity contribution in [2.24, 2.45) is 52.3 Å². The molecule has 0 spiro atoms. The predicted molar refractivity (Wildman–Crippen MR) is 299 cm³/mol. The lowest BCUT2D eigenvalue weighted by atomic mass is 9.47. The molecule has 88 heavy (non-hydrogen) atoms. The van der Waals surface area contributed by atoms with Gasteiger partial charge in [0, 0.05) is 32.3 Å². The summed E-state index contributed by atoms with van der Waals surface area (Å²) in [6.07, 6.45) is -27.8. The van der Waals surface area contributed by atoms with Crippen LogP contribution in [0.25, 0.3) is 0 Å². The van der Waals surface area contributed by atoms with E-state index in [0.29, 0.717) is 43.4 Å². The van der Waals surface area contributed by atoms with Gasteiger partial charge in [0.25, 0.3) is 0 Å². The van der Waals surface area contributed by atoms with E-state index in [-0.39, 0.29) is 41.3 Å². The zero-order valence-corrected chi connectivity index (χ0v) is 51.9. The largest absolute Gasteiger partial charge is 0.463 e. The van der Waals surface area contributed by atoms with E-state index in [2.05, 4.69) is 26.8 Å². The summed E-state index contributed by atoms with van der Waals surface area (Å²) in [5.41, 5.74) is 0.997. The fourth-order valence-corrected chi connectivity index (χ4v) is 17.1. The Morgan fingerprint density at radius 1 is 0.636 bits per heavy atom. The van der Waals surface area contributed by atoms with Gasteiger partial charge in [0.2, 0.25) is 0 Å². The number of carbonyl (C=O) groups excluding carboxylic acids is 1. The molecule has 0 amide bonds. The minimum absolute atomic E-state index is 0.0209. The second-order valence-electron chi connectivity index (χ2n) is 27.8. The molecule has 36 atom stereocenters. The lowest BCUT2D eigenvalue weighted by Crippen LogP contribution is -2.67. The minimum Gasteiger partial charge on any atom is -0.463 e. The van der Waals surface area contributed by atoms with Crippen LogP contribution in [0.3, 0.4) is 0 Å². The maximum atomic E-state index is 12.3. The minimum atomic E-state index is -1.92. The Labute approximate surface area is 513 Å². The van der Waals surface area contributed by atoms with E-state index >= 15 is 0 Å². The monoisotopic (exact) mass is 1260 g/mol. The summed E-state index contributed by atoms with van der Waals surface area (Å²) >= 11 is 0. The number of rotatable bonds is 19. The van der Waals surface area contributed by atoms with E-state index < -0.39 is 191 Å². The van der Waals surface area contributed by atoms with Crippen LogP contribution in [0.2, 0.25) is 0 Å². The number of fused-ring (bicyclic) bond motifs is 7. The van der Waals surface area contributed by atoms with Crippen LogP contribution in [0.5, 0.6) is 0 Å². The standard InChI is InChI=1S/C61H100O27/c1-24(22-78-54-48(73)46(71)43(68)37(21-63)83-54)12-17-61(76-9)26(3)39-35(88-61)19-34-32-11-10-30-18-31(13-15-59(30,7)33(32)14-16-60(34,39)8)81-58-53(87-55-49(74)45(70)41(66)27(4)79-55)52(44(69)38(84-58)23-77-29(6)64)86-57-50(75)51(42(67)28(5)80-57)85-56-47(72)40(65)25(2)36(20-62)82-56/h10,24-28,31-58,62-63,65-75H,11-23H2,1-9H3/t24-,25+,26-,27-,28-,31-,32?,33?,34?,35?,36+,37-,38+,39?,40-,41-,42-,43-,44+,45+,46+,47+,48-,49+,50+,51+,52-,53+,54-,55+,56-,57-,58+,59-,60-,61+/m0/s1. The molecule has 10 aliphatic rings. The highest BCUT2D eigenvalue weighted by Crippen LogP contribution is 2.70. The molecule has 0 bridgehead atoms. The summed E-state index contributed by atoms with van der Waals surface area (Å²) in [5.74, 6) is -0.860. The molecule has 4 aliphatic carbocycles. The average molecular weight is 1270 g/mol. The summed E-state index contributed by atoms with van der Waals surface area (Å²) in [6, 6.07) is 0. The molecular formula is C61H100O27. The highest BCUT2D eigenvalue weighted by atomic mass is 16.8. The van der Waals surface area contributed by atoms with Gasteiger partial charge in [-0.1, -0.05) is 46.3 Å². The zero-order valence-electron chi connectivity index (χ0n) is 51.9. The molecule has 10 rings (SSSR count). The van der Waals surface area contributed by atoms with E-state index in [9.17, 15) is 71.2 Å². The quantitative estimate of drug-likeness (QED) is 0.0509. The number of hydrogen-bond acceptors (Lipinski definition) is 27. The van der Waals surface area contributed by atoms with Crippen LogP contribution in [0.1, 0.15) is 113 Å². The van der Waals surface area contributed by atoms with Crippen molar-refractivity contribution in [1.82, 2.24) is 0 Å². The fourth-order valence-electron chi connectivity index (χ4n) is 17.1. The molecule has 27 heteroatoms. The van der Waals surface area contributed by atoms with Gasteiger partial charge in [0.05, 0.1) is 56.4 Å². The van der Waals surface area contributed by atoms with Crippen LogP contribution in [0.15, 0.2) is 11.6 Å². The summed E-state index contributed by atoms with van der Waals surface area (Å²) in [6.45, 7) is 13.3. The second kappa shape index (κ2) is 27.5. The van der Waals surface area contributed by atoms with E-state index in [0.717, 1.165) is 32.1 Å². The van der Waals surface area contributed by atoms with Gasteiger partial charge >= 0.3 is 5.97 Å². The van der Waals surface area contributed by atoms with Crippen molar-refractivity contribution in [2.75, 3.05) is 33.5 Å². The maximum absolute atomic E-state index is 12.3. The molecule has 6 aliphatic heterocycles. The number of hydrogen-bond donors (Lipinski definition) is 13. The smallest absolute Gasteiger partial charge is 0.302 e. The number of esters is 1. The molecular weight excluding hydrogens is 1160 g/mol. The molecule has 0 aromatic rings. The van der Waals surface area contributed by atoms with Gasteiger partial charge < -0.3 is 128 Å². The third kappa shape index (κ3) is 12.8. The van der Waals surface area contributed by atoms with E-state index in [1.54, 1.807) is 14.0 Å². The first-order valence-corrected chi connectivity index (χ1v) is 31.9. The van der Waals surface area contributed by atoms with Crippen molar-refractivity contribution in [2.45, 2.75) is 279 Å². The predicted octanol–water partition coefficient (Wildman–Crippen LogP) is -1.66. The topological polar surface area (TPSA) is 400 Å². The normalized spacial score (nSPS) is 53.3. The lowest BCUT2D eigenvalue weighted by molar-refractivity contribution is -0.399. The number of aliphatic hydroxyl groups excluding tert-OH is 13. The molecule has 0 aromatic carbocycles. The van der Waals surface area contributed by atoms with Crippen LogP contribution in [-0.4, -0.2) is 271 Å². The Kier molecular flexibility index (Phi) is 21.6. The van der Waals surface area contributed by atoms with Gasteiger partial charge in [0.15, 0.2) is 37.2 Å². The van der Waals surface area contributed by atoms with Crippen molar-refractivity contribution in [1.29, 1.82) is 0 Å². The zero-order chi connectivity index (χ0) is 63.8. The first-order valence-electron chi connectivity index (χ1n) is 31.9. The summed E-state index contributed by atoms with van der Waals surface area (Å²) in [4.78, 5) is 12.3. The molecule has 5 unspecified atom stereocenters. The van der Waals surface area contributed by atoms with Gasteiger partial charge in [-0.25, -0.2) is 0 Å². The number of carbonyl (C=O) groups is 1. The molecule has 3 saturated carbocycles. The molecule has 6 heterocycles. The van der Waals surface area contributed by atoms with Crippen molar-refractivity contribution in [3.63, 3.8) is 0 Å². The first-order chi connectivity index (χ1) is 41.6. The van der Waals surface area contributed by atoms with Crippen LogP contribution in [0, 0.1) is 52.3 Å². The van der Waals surface area contributed by atoms with Crippen molar-refractivity contribution in [3.05, 3.63) is 11.6 Å². The van der Waals surface area contributed by atoms with Crippen LogP contribution >= 0.6 is 0 Å². The summed E-state index contributed by atoms with van der Waals surface area (Å²) < 4.78 is 80.4. The first kappa shape index (κ1) is 69.1. The third-order valence-corrected chi connectivity index (χ3v) is 22.6. The highest BCUT2D eigenvalue weighted by molar-refractivity contribution is 5.65. The maximum Gasteiger partial charge on any atom is 0.302 e. The number of aliphatic hydroxyl groups is 13. The van der Waals surface area contributed by atoms with E-state index in [4.69, 9.17) is 61.6 Å². The molecule has 506 valence electrons. The molecule has 27 nitrogen and oxygen atoms in total. The molecule has 6 saturated heterocycles. The molecule has 13 N–H and O–H groups in total. The number of allylic oxidation sites excluding steroid dienone is 1. The third-order valence-electron chi connectivity index (χ3n) is 22.6. The molecule has 0 radical (unpaired) electrons. The van der Waals surface area contributed by atoms with Crippen LogP contribution in [0.4, 0.5) is 0 Å². The molecule has 9 fully saturated rings. The van der Waals surface area contributed by atoms with Crippen molar-refractivity contribution < 1.29 is 133 Å². The summed E-state index contributed by atoms with van der Waals surface area (Å²) in [5, 5.41) is 141. The van der Waals surface area contributed by atoms with E-state index in [1.165, 1.54) is 26.3 Å². The van der Waals surface area contributed by atoms with E-state index in [1.807, 2.05) is 6.92 Å². The van der Waals surface area contributed by atoms with Gasteiger partial charge in [-0.3, -0.25) is 4.79 Å². The van der Waals surface area contributed by atoms with Crippen LogP contribution < -0.4 is 0 Å². The Morgan fingerprint density at radius 3 is 1.92 bits per heavy atom. The Bertz CT molecular complexity index is 2350. The number of ether oxygens (including phenoxy) is 13. The van der Waals surface area contributed by atoms with Crippen LogP contribution in [-0.2, 0) is 66.4 Å². The van der Waals surface area contributed by atoms with Gasteiger partial charge in [-0.2, -0.15) is 0 Å². The number of methoxy groups -OCH3 is 1. The van der Waals surface area contributed by atoms with Gasteiger partial charge in [-0.05, 0) is 106 Å². The highest BCUT2D eigenvalue weighted by Gasteiger charge is 2.69. The Hall–Kier alpha value is -1.79. The SMILES string of the molecule is CO[C@]1(CC[C@H](C)CO[C@H]2O[C@@H](CO)[C@H](O)[C@@H](O)[C@@H]2O)OC2CC3C4CC=C5C[C@@H](O[C@@H]6O[C@H](COC(C)=O)[C@@H](O)[C@H](O[C@@H]7O[C@@H](C)[C@H](O)[C@@H](O[C@@H]8O[C@H](CO)[C@@H](C)[C@H](O)[C@H]8O)[C@H]7O)[C@H]6O[C@H]6O[C@@H](C)[C@H](O)[C@@H](O)[C@H]6O)CC[C@]5(C)C4CC[C@]3(C)C2[C@@H]1C. The Balaban J connectivity index is 0.844. The van der Waals surface area contributed by atoms with Gasteiger partial charge in [0.1, 0.15) is 98.2 Å². The Morgan fingerprint density at radius 2 is 1.24 bits per heavy atom. The summed E-state index contributed by atoms with van der Waals surface area (Å²) in [7, 11) is 1.71. The van der Waals surface area contributed by atoms with Crippen molar-refractivity contribution in [3.8, 4) is 0 Å². The van der Waals surface area contributed by atoms with Gasteiger partial charge in [-0.15, -0.1) is 0 Å². The fraction of sp³-hybridized carbons (Fsp3) is 0.951. The molecule has 0 aromatic heterocycles. The van der Waals surface area contributed by atoms with Crippen molar-refractivity contribution >= 4 is 5.97 Å². The average Bonchev–Trinajstić information content (AvgIpc) is 1.55. The second-order valence-corrected chi connectivity index (χ2v) is 27.8.